The van der Waals surface area contributed by atoms with E-state index in [1.54, 1.807) is 24.3 Å². The number of rotatable bonds is 8. The van der Waals surface area contributed by atoms with E-state index in [9.17, 15) is 9.59 Å². The predicted molar refractivity (Wildman–Crippen MR) is 130 cm³/mol. The number of carbonyl (C=O) groups is 2. The van der Waals surface area contributed by atoms with Gasteiger partial charge in [-0.3, -0.25) is 4.79 Å². The average molecular weight is 461 g/mol. The smallest absolute Gasteiger partial charge is 0.339 e. The zero-order chi connectivity index (χ0) is 23.8. The molecule has 4 rings (SSSR count). The predicted octanol–water partition coefficient (Wildman–Crippen LogP) is 4.58. The summed E-state index contributed by atoms with van der Waals surface area (Å²) in [4.78, 5) is 24.4. The first-order valence-electron chi connectivity index (χ1n) is 11.3. The Morgan fingerprint density at radius 1 is 0.882 bits per heavy atom. The fraction of sp³-hybridized carbons (Fsp3) is 0.259. The van der Waals surface area contributed by atoms with Crippen molar-refractivity contribution in [2.24, 2.45) is 0 Å². The van der Waals surface area contributed by atoms with E-state index in [1.807, 2.05) is 48.5 Å². The topological polar surface area (TPSA) is 85.9 Å². The van der Waals surface area contributed by atoms with Crippen LogP contribution in [0.1, 0.15) is 28.8 Å². The van der Waals surface area contributed by atoms with Gasteiger partial charge in [-0.2, -0.15) is 0 Å². The Labute approximate surface area is 199 Å². The maximum atomic E-state index is 12.5. The molecule has 0 bridgehead atoms. The number of ether oxygens (including phenoxy) is 3. The highest BCUT2D eigenvalue weighted by Crippen LogP contribution is 2.26. The van der Waals surface area contributed by atoms with Gasteiger partial charge in [-0.05, 0) is 80.0 Å². The van der Waals surface area contributed by atoms with Crippen LogP contribution in [0.4, 0.5) is 5.69 Å². The first-order valence-corrected chi connectivity index (χ1v) is 11.3. The summed E-state index contributed by atoms with van der Waals surface area (Å²) in [5, 5.41) is 6.11. The average Bonchev–Trinajstić information content (AvgIpc) is 2.87. The lowest BCUT2D eigenvalue weighted by atomic mass is 10.1. The van der Waals surface area contributed by atoms with E-state index in [2.05, 4.69) is 10.6 Å². The zero-order valence-electron chi connectivity index (χ0n) is 19.1. The van der Waals surface area contributed by atoms with Crippen LogP contribution in [-0.2, 0) is 16.0 Å². The Hall–Kier alpha value is -3.84. The van der Waals surface area contributed by atoms with Gasteiger partial charge in [0.15, 0.2) is 0 Å². The van der Waals surface area contributed by atoms with Gasteiger partial charge in [0.1, 0.15) is 23.4 Å². The molecule has 1 heterocycles. The van der Waals surface area contributed by atoms with E-state index in [-0.39, 0.29) is 18.4 Å². The van der Waals surface area contributed by atoms with Crippen molar-refractivity contribution in [3.8, 4) is 17.2 Å². The molecule has 0 atom stereocenters. The largest absolute Gasteiger partial charge is 0.490 e. The Balaban J connectivity index is 1.30. The van der Waals surface area contributed by atoms with Gasteiger partial charge in [-0.15, -0.1) is 0 Å². The fourth-order valence-electron chi connectivity index (χ4n) is 3.76. The van der Waals surface area contributed by atoms with E-state index in [1.165, 1.54) is 7.11 Å². The third kappa shape index (κ3) is 6.36. The fourth-order valence-corrected chi connectivity index (χ4v) is 3.76. The number of anilines is 1. The summed E-state index contributed by atoms with van der Waals surface area (Å²) in [6, 6.07) is 21.7. The SMILES string of the molecule is COC(=O)c1ccccc1NC(=O)Cc1ccc(Oc2ccc(OC3CCNCC3)cc2)cc1. The van der Waals surface area contributed by atoms with Gasteiger partial charge in [0.05, 0.1) is 24.8 Å². The first kappa shape index (κ1) is 23.3. The molecule has 34 heavy (non-hydrogen) atoms. The van der Waals surface area contributed by atoms with E-state index >= 15 is 0 Å². The van der Waals surface area contributed by atoms with Crippen molar-refractivity contribution in [2.75, 3.05) is 25.5 Å². The molecular formula is C27H28N2O5. The number of para-hydroxylation sites is 1. The summed E-state index contributed by atoms with van der Waals surface area (Å²) in [6.45, 7) is 1.98. The third-order valence-corrected chi connectivity index (χ3v) is 5.54. The van der Waals surface area contributed by atoms with Crippen molar-refractivity contribution >= 4 is 17.6 Å². The van der Waals surface area contributed by atoms with Crippen LogP contribution in [0.3, 0.4) is 0 Å². The number of carbonyl (C=O) groups excluding carboxylic acids is 2. The summed E-state index contributed by atoms with van der Waals surface area (Å²) in [7, 11) is 1.31. The summed E-state index contributed by atoms with van der Waals surface area (Å²) >= 11 is 0. The van der Waals surface area contributed by atoms with Crippen LogP contribution in [0.2, 0.25) is 0 Å². The molecule has 0 aromatic heterocycles. The van der Waals surface area contributed by atoms with Crippen molar-refractivity contribution in [3.05, 3.63) is 83.9 Å². The molecule has 0 aliphatic carbocycles. The second-order valence-electron chi connectivity index (χ2n) is 8.05. The molecule has 7 heteroatoms. The summed E-state index contributed by atoms with van der Waals surface area (Å²) in [6.07, 6.45) is 2.45. The molecule has 176 valence electrons. The molecular weight excluding hydrogens is 432 g/mol. The lowest BCUT2D eigenvalue weighted by Crippen LogP contribution is -2.34. The van der Waals surface area contributed by atoms with E-state index in [4.69, 9.17) is 14.2 Å². The molecule has 1 aliphatic heterocycles. The summed E-state index contributed by atoms with van der Waals surface area (Å²) in [5.74, 6) is 1.50. The molecule has 0 radical (unpaired) electrons. The minimum absolute atomic E-state index is 0.165. The van der Waals surface area contributed by atoms with Crippen LogP contribution >= 0.6 is 0 Å². The van der Waals surface area contributed by atoms with Gasteiger partial charge < -0.3 is 24.8 Å². The third-order valence-electron chi connectivity index (χ3n) is 5.54. The maximum absolute atomic E-state index is 12.5. The maximum Gasteiger partial charge on any atom is 0.339 e. The van der Waals surface area contributed by atoms with Crippen LogP contribution < -0.4 is 20.1 Å². The van der Waals surface area contributed by atoms with Crippen molar-refractivity contribution < 1.29 is 23.8 Å². The lowest BCUT2D eigenvalue weighted by Gasteiger charge is -2.23. The number of benzene rings is 3. The Bertz CT molecular complexity index is 1110. The second kappa shape index (κ2) is 11.3. The minimum atomic E-state index is -0.497. The number of esters is 1. The molecule has 1 fully saturated rings. The molecule has 3 aromatic rings. The number of methoxy groups -OCH3 is 1. The van der Waals surface area contributed by atoms with Crippen LogP contribution in [0.25, 0.3) is 0 Å². The molecule has 1 saturated heterocycles. The highest BCUT2D eigenvalue weighted by atomic mass is 16.5. The Morgan fingerprint density at radius 2 is 1.50 bits per heavy atom. The summed E-state index contributed by atoms with van der Waals surface area (Å²) in [5.41, 5.74) is 1.56. The Morgan fingerprint density at radius 3 is 2.18 bits per heavy atom. The number of nitrogens with one attached hydrogen (secondary N) is 2. The quantitative estimate of drug-likeness (QED) is 0.479. The first-order chi connectivity index (χ1) is 16.6. The number of hydrogen-bond donors (Lipinski definition) is 2. The van der Waals surface area contributed by atoms with Crippen LogP contribution in [0.5, 0.6) is 17.2 Å². The highest BCUT2D eigenvalue weighted by molar-refractivity contribution is 6.01. The van der Waals surface area contributed by atoms with E-state index in [0.717, 1.165) is 37.2 Å². The highest BCUT2D eigenvalue weighted by Gasteiger charge is 2.15. The molecule has 0 spiro atoms. The van der Waals surface area contributed by atoms with E-state index < -0.39 is 5.97 Å². The monoisotopic (exact) mass is 460 g/mol. The van der Waals surface area contributed by atoms with Gasteiger partial charge in [-0.25, -0.2) is 4.79 Å². The second-order valence-corrected chi connectivity index (χ2v) is 8.05. The molecule has 0 saturated carbocycles. The van der Waals surface area contributed by atoms with Gasteiger partial charge in [-0.1, -0.05) is 24.3 Å². The van der Waals surface area contributed by atoms with Gasteiger partial charge >= 0.3 is 5.97 Å². The normalized spacial score (nSPS) is 13.7. The summed E-state index contributed by atoms with van der Waals surface area (Å²) < 4.78 is 16.7. The van der Waals surface area contributed by atoms with Crippen LogP contribution in [0.15, 0.2) is 72.8 Å². The van der Waals surface area contributed by atoms with E-state index in [0.29, 0.717) is 22.7 Å². The van der Waals surface area contributed by atoms with Gasteiger partial charge in [0.2, 0.25) is 5.91 Å². The van der Waals surface area contributed by atoms with Crippen molar-refractivity contribution in [1.82, 2.24) is 5.32 Å². The molecule has 2 N–H and O–H groups in total. The van der Waals surface area contributed by atoms with Crippen LogP contribution in [0, 0.1) is 0 Å². The molecule has 1 aliphatic rings. The number of hydrogen-bond acceptors (Lipinski definition) is 6. The van der Waals surface area contributed by atoms with Crippen molar-refractivity contribution in [3.63, 3.8) is 0 Å². The zero-order valence-corrected chi connectivity index (χ0v) is 19.1. The standard InChI is InChI=1S/C27H28N2O5/c1-32-27(31)24-4-2-3-5-25(24)29-26(30)18-19-6-8-20(9-7-19)33-21-10-12-22(13-11-21)34-23-14-16-28-17-15-23/h2-13,23,28H,14-18H2,1H3,(H,29,30). The van der Waals surface area contributed by atoms with Gasteiger partial charge in [0, 0.05) is 0 Å². The Kier molecular flexibility index (Phi) is 7.78. The molecule has 1 amide bonds. The number of amides is 1. The molecule has 7 nitrogen and oxygen atoms in total. The van der Waals surface area contributed by atoms with Crippen molar-refractivity contribution in [2.45, 2.75) is 25.4 Å². The molecule has 0 unspecified atom stereocenters. The lowest BCUT2D eigenvalue weighted by molar-refractivity contribution is -0.115. The van der Waals surface area contributed by atoms with Crippen LogP contribution in [-0.4, -0.2) is 38.2 Å². The van der Waals surface area contributed by atoms with Gasteiger partial charge in [0.25, 0.3) is 0 Å². The minimum Gasteiger partial charge on any atom is -0.490 e. The molecule has 3 aromatic carbocycles. The van der Waals surface area contributed by atoms with Crippen molar-refractivity contribution in [1.29, 1.82) is 0 Å². The number of piperidine rings is 1.